The number of nitrogens with one attached hydrogen (secondary N) is 2. The van der Waals surface area contributed by atoms with Crippen molar-refractivity contribution in [1.82, 2.24) is 15.5 Å². The number of nitrogens with two attached hydrogens (primary N) is 2. The first-order valence-corrected chi connectivity index (χ1v) is 12.3. The second-order valence-electron chi connectivity index (χ2n) is 7.98. The molecule has 34 heavy (non-hydrogen) atoms. The van der Waals surface area contributed by atoms with Crippen molar-refractivity contribution < 1.29 is 39.0 Å². The zero-order valence-electron chi connectivity index (χ0n) is 19.0. The molecule has 192 valence electrons. The van der Waals surface area contributed by atoms with Crippen LogP contribution in [0, 0.1) is 0 Å². The summed E-state index contributed by atoms with van der Waals surface area (Å²) < 4.78 is 0. The number of aliphatic carboxylic acids is 2. The number of hydrogen-bond donors (Lipinski definition) is 6. The summed E-state index contributed by atoms with van der Waals surface area (Å²) in [6.07, 6.45) is 1.98. The SMILES string of the molecule is CSCCC(NC(=O)C(CCC(=O)O)NC(=O)C1CCCN1C(=O)C(N)CCC(N)=O)C(=O)O. The van der Waals surface area contributed by atoms with Crippen molar-refractivity contribution in [3.63, 3.8) is 0 Å². The average molecular weight is 504 g/mol. The lowest BCUT2D eigenvalue weighted by Gasteiger charge is -2.28. The predicted molar refractivity (Wildman–Crippen MR) is 123 cm³/mol. The smallest absolute Gasteiger partial charge is 0.326 e. The van der Waals surface area contributed by atoms with Crippen LogP contribution in [0.1, 0.15) is 44.9 Å². The number of rotatable bonds is 15. The highest BCUT2D eigenvalue weighted by Gasteiger charge is 2.38. The summed E-state index contributed by atoms with van der Waals surface area (Å²) in [5.74, 6) is -4.60. The number of thioether (sulfide) groups is 1. The van der Waals surface area contributed by atoms with Crippen LogP contribution in [-0.4, -0.2) is 93.4 Å². The maximum Gasteiger partial charge on any atom is 0.326 e. The van der Waals surface area contributed by atoms with Crippen LogP contribution in [0.15, 0.2) is 0 Å². The van der Waals surface area contributed by atoms with Crippen molar-refractivity contribution in [3.05, 3.63) is 0 Å². The first-order valence-electron chi connectivity index (χ1n) is 10.9. The van der Waals surface area contributed by atoms with E-state index >= 15 is 0 Å². The van der Waals surface area contributed by atoms with Gasteiger partial charge in [0.05, 0.1) is 6.04 Å². The molecule has 1 fully saturated rings. The second-order valence-corrected chi connectivity index (χ2v) is 8.96. The summed E-state index contributed by atoms with van der Waals surface area (Å²) in [6, 6.07) is -4.46. The van der Waals surface area contributed by atoms with Crippen molar-refractivity contribution in [2.75, 3.05) is 18.6 Å². The van der Waals surface area contributed by atoms with E-state index in [1.165, 1.54) is 16.7 Å². The summed E-state index contributed by atoms with van der Waals surface area (Å²) in [5.41, 5.74) is 10.9. The van der Waals surface area contributed by atoms with E-state index < -0.39 is 66.2 Å². The quantitative estimate of drug-likeness (QED) is 0.148. The van der Waals surface area contributed by atoms with Gasteiger partial charge in [-0.3, -0.25) is 24.0 Å². The molecule has 1 aliphatic rings. The van der Waals surface area contributed by atoms with Crippen LogP contribution < -0.4 is 22.1 Å². The standard InChI is InChI=1S/C20H33N5O8S/c1-34-10-8-13(20(32)33)24-17(29)12(5-7-16(27)28)23-18(30)14-3-2-9-25(14)19(31)11(21)4-6-15(22)26/h11-14H,2-10,21H2,1H3,(H2,22,26)(H,23,30)(H,24,29)(H,27,28)(H,32,33). The lowest BCUT2D eigenvalue weighted by atomic mass is 10.1. The Labute approximate surface area is 201 Å². The zero-order chi connectivity index (χ0) is 25.8. The maximum atomic E-state index is 12.9. The molecule has 4 atom stereocenters. The van der Waals surface area contributed by atoms with Crippen LogP contribution >= 0.6 is 11.8 Å². The van der Waals surface area contributed by atoms with Crippen molar-refractivity contribution >= 4 is 47.3 Å². The van der Waals surface area contributed by atoms with Crippen molar-refractivity contribution in [2.45, 2.75) is 69.1 Å². The highest BCUT2D eigenvalue weighted by atomic mass is 32.2. The van der Waals surface area contributed by atoms with Gasteiger partial charge in [0.15, 0.2) is 0 Å². The van der Waals surface area contributed by atoms with Crippen molar-refractivity contribution in [3.8, 4) is 0 Å². The Morgan fingerprint density at radius 3 is 2.26 bits per heavy atom. The highest BCUT2D eigenvalue weighted by Crippen LogP contribution is 2.19. The van der Waals surface area contributed by atoms with Gasteiger partial charge in [0.25, 0.3) is 0 Å². The number of carboxylic acid groups (broad SMARTS) is 2. The van der Waals surface area contributed by atoms with E-state index in [0.29, 0.717) is 18.6 Å². The molecule has 4 unspecified atom stereocenters. The molecule has 0 aromatic heterocycles. The number of likely N-dealkylation sites (tertiary alicyclic amines) is 1. The third kappa shape index (κ3) is 9.55. The largest absolute Gasteiger partial charge is 0.481 e. The minimum Gasteiger partial charge on any atom is -0.481 e. The first-order chi connectivity index (χ1) is 16.0. The van der Waals surface area contributed by atoms with Crippen LogP contribution in [0.4, 0.5) is 0 Å². The van der Waals surface area contributed by atoms with Gasteiger partial charge in [0.2, 0.25) is 23.6 Å². The Kier molecular flexibility index (Phi) is 12.4. The first kappa shape index (κ1) is 29.2. The van der Waals surface area contributed by atoms with Crippen LogP contribution in [-0.2, 0) is 28.8 Å². The monoisotopic (exact) mass is 503 g/mol. The minimum absolute atomic E-state index is 0.0231. The molecule has 1 aliphatic heterocycles. The normalized spacial score (nSPS) is 17.9. The van der Waals surface area contributed by atoms with Gasteiger partial charge in [0, 0.05) is 19.4 Å². The molecule has 0 spiro atoms. The van der Waals surface area contributed by atoms with Gasteiger partial charge >= 0.3 is 11.9 Å². The van der Waals surface area contributed by atoms with Crippen LogP contribution in [0.3, 0.4) is 0 Å². The number of hydrogen-bond acceptors (Lipinski definition) is 8. The van der Waals surface area contributed by atoms with E-state index in [1.807, 2.05) is 0 Å². The van der Waals surface area contributed by atoms with Gasteiger partial charge in [0.1, 0.15) is 18.1 Å². The molecular formula is C20H33N5O8S. The Morgan fingerprint density at radius 1 is 1.03 bits per heavy atom. The summed E-state index contributed by atoms with van der Waals surface area (Å²) in [7, 11) is 0. The molecule has 13 nitrogen and oxygen atoms in total. The molecule has 1 rings (SSSR count). The van der Waals surface area contributed by atoms with E-state index in [2.05, 4.69) is 10.6 Å². The third-order valence-corrected chi connectivity index (χ3v) is 6.01. The molecule has 14 heteroatoms. The number of carbonyl (C=O) groups is 6. The Hall–Kier alpha value is -2.87. The van der Waals surface area contributed by atoms with Gasteiger partial charge in [-0.2, -0.15) is 11.8 Å². The van der Waals surface area contributed by atoms with Crippen molar-refractivity contribution in [1.29, 1.82) is 0 Å². The van der Waals surface area contributed by atoms with Gasteiger partial charge in [-0.05, 0) is 44.1 Å². The van der Waals surface area contributed by atoms with Gasteiger partial charge in [-0.25, -0.2) is 4.79 Å². The van der Waals surface area contributed by atoms with Crippen LogP contribution in [0.2, 0.25) is 0 Å². The maximum absolute atomic E-state index is 12.9. The fourth-order valence-electron chi connectivity index (χ4n) is 3.51. The van der Waals surface area contributed by atoms with Gasteiger partial charge in [-0.1, -0.05) is 0 Å². The molecule has 0 aromatic rings. The predicted octanol–water partition coefficient (Wildman–Crippen LogP) is -1.76. The lowest BCUT2D eigenvalue weighted by molar-refractivity contribution is -0.143. The summed E-state index contributed by atoms with van der Waals surface area (Å²) >= 11 is 1.40. The topological polar surface area (TPSA) is 222 Å². The molecule has 8 N–H and O–H groups in total. The molecule has 0 saturated carbocycles. The van der Waals surface area contributed by atoms with Crippen molar-refractivity contribution in [2.24, 2.45) is 11.5 Å². The number of nitrogens with zero attached hydrogens (tertiary/aromatic N) is 1. The Bertz CT molecular complexity index is 780. The Balaban J connectivity index is 2.90. The van der Waals surface area contributed by atoms with E-state index in [0.717, 1.165) is 0 Å². The second kappa shape index (κ2) is 14.4. The molecule has 0 radical (unpaired) electrons. The lowest BCUT2D eigenvalue weighted by Crippen LogP contribution is -2.56. The number of amides is 4. The molecule has 4 amide bonds. The highest BCUT2D eigenvalue weighted by molar-refractivity contribution is 7.98. The molecule has 1 saturated heterocycles. The number of carbonyl (C=O) groups excluding carboxylic acids is 4. The molecule has 0 aromatic carbocycles. The summed E-state index contributed by atoms with van der Waals surface area (Å²) in [6.45, 7) is 0.253. The molecular weight excluding hydrogens is 470 g/mol. The molecule has 0 aliphatic carbocycles. The van der Waals surface area contributed by atoms with Gasteiger partial charge < -0.3 is 37.2 Å². The van der Waals surface area contributed by atoms with E-state index in [4.69, 9.17) is 16.6 Å². The fraction of sp³-hybridized carbons (Fsp3) is 0.700. The zero-order valence-corrected chi connectivity index (χ0v) is 19.8. The summed E-state index contributed by atoms with van der Waals surface area (Å²) in [5, 5.41) is 23.2. The van der Waals surface area contributed by atoms with Gasteiger partial charge in [-0.15, -0.1) is 0 Å². The minimum atomic E-state index is -1.30. The van der Waals surface area contributed by atoms with Crippen LogP contribution in [0.5, 0.6) is 0 Å². The Morgan fingerprint density at radius 2 is 1.71 bits per heavy atom. The fourth-order valence-corrected chi connectivity index (χ4v) is 3.98. The number of carboxylic acids is 2. The number of primary amides is 1. The van der Waals surface area contributed by atoms with Crippen LogP contribution in [0.25, 0.3) is 0 Å². The van der Waals surface area contributed by atoms with E-state index in [1.54, 1.807) is 6.26 Å². The molecule has 1 heterocycles. The average Bonchev–Trinajstić information content (AvgIpc) is 3.26. The molecule has 0 bridgehead atoms. The third-order valence-electron chi connectivity index (χ3n) is 5.36. The van der Waals surface area contributed by atoms with E-state index in [9.17, 15) is 33.9 Å². The van der Waals surface area contributed by atoms with E-state index in [-0.39, 0.29) is 32.2 Å². The summed E-state index contributed by atoms with van der Waals surface area (Å²) in [4.78, 5) is 73.0.